The number of benzene rings is 1. The van der Waals surface area contributed by atoms with Crippen LogP contribution in [0.15, 0.2) is 30.3 Å². The third-order valence-corrected chi connectivity index (χ3v) is 4.66. The van der Waals surface area contributed by atoms with Gasteiger partial charge >= 0.3 is 6.03 Å². The second-order valence-electron chi connectivity index (χ2n) is 8.48. The Balaban J connectivity index is 1.78. The highest BCUT2D eigenvalue weighted by atomic mass is 16.2. The summed E-state index contributed by atoms with van der Waals surface area (Å²) < 4.78 is 1.89. The maximum Gasteiger partial charge on any atom is 0.324 e. The summed E-state index contributed by atoms with van der Waals surface area (Å²) in [7, 11) is 0. The van der Waals surface area contributed by atoms with Gasteiger partial charge < -0.3 is 10.6 Å². The van der Waals surface area contributed by atoms with E-state index in [1.165, 1.54) is 0 Å². The predicted molar refractivity (Wildman–Crippen MR) is 110 cm³/mol. The fraction of sp³-hybridized carbons (Fsp3) is 0.429. The minimum Gasteiger partial charge on any atom is -0.329 e. The second-order valence-corrected chi connectivity index (χ2v) is 8.48. The molecule has 0 radical (unpaired) electrons. The van der Waals surface area contributed by atoms with Crippen molar-refractivity contribution in [3.63, 3.8) is 0 Å². The molecule has 29 heavy (non-hydrogen) atoms. The lowest BCUT2D eigenvalue weighted by atomic mass is 10.1. The number of carbonyl (C=O) groups is 3. The molecule has 1 aliphatic heterocycles. The van der Waals surface area contributed by atoms with E-state index in [9.17, 15) is 14.4 Å². The standard InChI is InChI=1S/C21H27N5O3/c1-13(2)17-10-16(24-26(17)21(3,4)5)19(28)23-15-8-6-7-14(9-15)12-25-18(27)11-22-20(25)29/h6-10,13H,11-12H2,1-5H3,(H,22,29)(H,23,28). The molecular weight excluding hydrogens is 370 g/mol. The molecule has 154 valence electrons. The third kappa shape index (κ3) is 4.47. The van der Waals surface area contributed by atoms with Crippen LogP contribution in [0.1, 0.15) is 62.3 Å². The number of anilines is 1. The predicted octanol–water partition coefficient (Wildman–Crippen LogP) is 3.07. The zero-order valence-corrected chi connectivity index (χ0v) is 17.4. The summed E-state index contributed by atoms with van der Waals surface area (Å²) in [4.78, 5) is 37.4. The summed E-state index contributed by atoms with van der Waals surface area (Å²) in [5.41, 5.74) is 2.44. The van der Waals surface area contributed by atoms with Crippen molar-refractivity contribution < 1.29 is 14.4 Å². The lowest BCUT2D eigenvalue weighted by molar-refractivity contribution is -0.125. The Morgan fingerprint density at radius 2 is 1.97 bits per heavy atom. The molecule has 0 bridgehead atoms. The fourth-order valence-corrected chi connectivity index (χ4v) is 3.20. The van der Waals surface area contributed by atoms with Crippen molar-refractivity contribution in [1.29, 1.82) is 0 Å². The van der Waals surface area contributed by atoms with Crippen LogP contribution in [0, 0.1) is 0 Å². The Bertz CT molecular complexity index is 939. The lowest BCUT2D eigenvalue weighted by Crippen LogP contribution is -2.30. The fourth-order valence-electron chi connectivity index (χ4n) is 3.20. The SMILES string of the molecule is CC(C)c1cc(C(=O)Nc2cccc(CN3C(=O)CNC3=O)c2)nn1C(C)(C)C. The molecule has 2 N–H and O–H groups in total. The molecule has 0 spiro atoms. The summed E-state index contributed by atoms with van der Waals surface area (Å²) in [5, 5.41) is 9.87. The van der Waals surface area contributed by atoms with Gasteiger partial charge in [-0.3, -0.25) is 19.2 Å². The topological polar surface area (TPSA) is 96.3 Å². The maximum absolute atomic E-state index is 12.8. The molecule has 4 amide bonds. The monoisotopic (exact) mass is 397 g/mol. The third-order valence-electron chi connectivity index (χ3n) is 4.66. The van der Waals surface area contributed by atoms with Gasteiger partial charge in [0.05, 0.1) is 18.6 Å². The second kappa shape index (κ2) is 7.69. The van der Waals surface area contributed by atoms with E-state index in [-0.39, 0.29) is 36.4 Å². The molecular formula is C21H27N5O3. The Morgan fingerprint density at radius 1 is 1.24 bits per heavy atom. The molecule has 1 saturated heterocycles. The average Bonchev–Trinajstić information content (AvgIpc) is 3.22. The van der Waals surface area contributed by atoms with Gasteiger partial charge in [-0.05, 0) is 50.5 Å². The minimum absolute atomic E-state index is 0.0177. The number of imide groups is 1. The number of amides is 4. The van der Waals surface area contributed by atoms with E-state index in [2.05, 4.69) is 29.6 Å². The number of carbonyl (C=O) groups excluding carboxylic acids is 3. The summed E-state index contributed by atoms with van der Waals surface area (Å²) in [6.45, 7) is 10.5. The van der Waals surface area contributed by atoms with Crippen LogP contribution >= 0.6 is 0 Å². The van der Waals surface area contributed by atoms with Gasteiger partial charge in [0.15, 0.2) is 5.69 Å². The molecule has 1 aliphatic rings. The minimum atomic E-state index is -0.404. The van der Waals surface area contributed by atoms with Crippen LogP contribution in [0.3, 0.4) is 0 Å². The highest BCUT2D eigenvalue weighted by molar-refractivity contribution is 6.03. The number of nitrogens with one attached hydrogen (secondary N) is 2. The number of hydrogen-bond acceptors (Lipinski definition) is 4. The van der Waals surface area contributed by atoms with Gasteiger partial charge in [-0.15, -0.1) is 0 Å². The molecule has 8 heteroatoms. The summed E-state index contributed by atoms with van der Waals surface area (Å²) in [6, 6.07) is 8.51. The van der Waals surface area contributed by atoms with Crippen LogP contribution in [-0.4, -0.2) is 39.1 Å². The van der Waals surface area contributed by atoms with E-state index in [1.54, 1.807) is 24.3 Å². The van der Waals surface area contributed by atoms with Gasteiger partial charge in [0.2, 0.25) is 5.91 Å². The Kier molecular flexibility index (Phi) is 5.46. The van der Waals surface area contributed by atoms with Gasteiger partial charge in [0.25, 0.3) is 5.91 Å². The molecule has 1 aromatic heterocycles. The summed E-state index contributed by atoms with van der Waals surface area (Å²) in [5.74, 6) is -0.337. The average molecular weight is 397 g/mol. The van der Waals surface area contributed by atoms with Crippen molar-refractivity contribution in [2.45, 2.75) is 52.6 Å². The van der Waals surface area contributed by atoms with E-state index < -0.39 is 6.03 Å². The van der Waals surface area contributed by atoms with Crippen molar-refractivity contribution in [2.75, 3.05) is 11.9 Å². The van der Waals surface area contributed by atoms with Crippen LogP contribution in [0.4, 0.5) is 10.5 Å². The molecule has 2 heterocycles. The van der Waals surface area contributed by atoms with Crippen molar-refractivity contribution >= 4 is 23.5 Å². The molecule has 8 nitrogen and oxygen atoms in total. The lowest BCUT2D eigenvalue weighted by Gasteiger charge is -2.23. The summed E-state index contributed by atoms with van der Waals surface area (Å²) in [6.07, 6.45) is 0. The van der Waals surface area contributed by atoms with Crippen LogP contribution in [-0.2, 0) is 16.9 Å². The molecule has 0 unspecified atom stereocenters. The van der Waals surface area contributed by atoms with E-state index >= 15 is 0 Å². The molecule has 0 aliphatic carbocycles. The maximum atomic E-state index is 12.8. The van der Waals surface area contributed by atoms with Gasteiger partial charge in [-0.2, -0.15) is 5.10 Å². The summed E-state index contributed by atoms with van der Waals surface area (Å²) >= 11 is 0. The first kappa shape index (κ1) is 20.6. The van der Waals surface area contributed by atoms with Crippen LogP contribution in [0.5, 0.6) is 0 Å². The quantitative estimate of drug-likeness (QED) is 0.758. The van der Waals surface area contributed by atoms with E-state index in [0.717, 1.165) is 16.2 Å². The van der Waals surface area contributed by atoms with Crippen molar-refractivity contribution in [2.24, 2.45) is 0 Å². The van der Waals surface area contributed by atoms with Crippen molar-refractivity contribution in [3.05, 3.63) is 47.3 Å². The van der Waals surface area contributed by atoms with E-state index in [0.29, 0.717) is 11.4 Å². The van der Waals surface area contributed by atoms with Gasteiger partial charge in [-0.1, -0.05) is 26.0 Å². The molecule has 0 atom stereocenters. The van der Waals surface area contributed by atoms with Crippen molar-refractivity contribution in [3.8, 4) is 0 Å². The number of rotatable bonds is 5. The number of nitrogens with zero attached hydrogens (tertiary/aromatic N) is 3. The first-order valence-corrected chi connectivity index (χ1v) is 9.65. The first-order chi connectivity index (χ1) is 13.6. The molecule has 1 fully saturated rings. The first-order valence-electron chi connectivity index (χ1n) is 9.65. The highest BCUT2D eigenvalue weighted by Gasteiger charge is 2.28. The molecule has 2 aromatic rings. The van der Waals surface area contributed by atoms with Gasteiger partial charge in [0.1, 0.15) is 0 Å². The Hall–Kier alpha value is -3.16. The van der Waals surface area contributed by atoms with Gasteiger partial charge in [-0.25, -0.2) is 4.79 Å². The van der Waals surface area contributed by atoms with Crippen LogP contribution in [0.25, 0.3) is 0 Å². The zero-order valence-electron chi connectivity index (χ0n) is 17.4. The molecule has 1 aromatic carbocycles. The zero-order chi connectivity index (χ0) is 21.3. The van der Waals surface area contributed by atoms with Gasteiger partial charge in [0, 0.05) is 11.4 Å². The Morgan fingerprint density at radius 3 is 2.52 bits per heavy atom. The van der Waals surface area contributed by atoms with Crippen LogP contribution in [0.2, 0.25) is 0 Å². The van der Waals surface area contributed by atoms with E-state index in [1.807, 2.05) is 31.5 Å². The molecule has 0 saturated carbocycles. The Labute approximate surface area is 170 Å². The molecule has 3 rings (SSSR count). The van der Waals surface area contributed by atoms with E-state index in [4.69, 9.17) is 0 Å². The number of hydrogen-bond donors (Lipinski definition) is 2. The van der Waals surface area contributed by atoms with Crippen molar-refractivity contribution in [1.82, 2.24) is 20.0 Å². The smallest absolute Gasteiger partial charge is 0.324 e. The highest BCUT2D eigenvalue weighted by Crippen LogP contribution is 2.24. The number of aromatic nitrogens is 2. The normalized spacial score (nSPS) is 14.5. The number of urea groups is 1. The largest absolute Gasteiger partial charge is 0.329 e. The van der Waals surface area contributed by atoms with Crippen LogP contribution < -0.4 is 10.6 Å².